The van der Waals surface area contributed by atoms with E-state index in [0.717, 1.165) is 35.9 Å². The molecule has 0 aliphatic heterocycles. The number of fused-ring (bicyclic) bond motifs is 3. The first-order valence-corrected chi connectivity index (χ1v) is 9.46. The van der Waals surface area contributed by atoms with Crippen molar-refractivity contribution in [2.75, 3.05) is 0 Å². The van der Waals surface area contributed by atoms with Crippen LogP contribution in [0.3, 0.4) is 0 Å². The number of nitrogens with one attached hydrogen (secondary N) is 1. The van der Waals surface area contributed by atoms with Crippen molar-refractivity contribution in [3.63, 3.8) is 0 Å². The lowest BCUT2D eigenvalue weighted by Crippen LogP contribution is -2.40. The van der Waals surface area contributed by atoms with Crippen molar-refractivity contribution < 1.29 is 19.5 Å². The molecule has 1 aliphatic carbocycles. The second-order valence-electron chi connectivity index (χ2n) is 7.81. The molecule has 0 fully saturated rings. The van der Waals surface area contributed by atoms with E-state index in [1.54, 1.807) is 12.1 Å². The Bertz CT molecular complexity index is 992. The summed E-state index contributed by atoms with van der Waals surface area (Å²) in [6, 6.07) is 5.17. The van der Waals surface area contributed by atoms with Crippen LogP contribution in [0, 0.1) is 4.91 Å². The summed E-state index contributed by atoms with van der Waals surface area (Å²) in [5.74, 6) is -2.13. The van der Waals surface area contributed by atoms with Gasteiger partial charge in [-0.25, -0.2) is 0 Å². The zero-order valence-corrected chi connectivity index (χ0v) is 16.3. The average Bonchev–Trinajstić information content (AvgIpc) is 3.06. The average molecular weight is 384 g/mol. The summed E-state index contributed by atoms with van der Waals surface area (Å²) in [6.45, 7) is 4.37. The second kappa shape index (κ2) is 6.96. The molecule has 0 saturated carbocycles. The van der Waals surface area contributed by atoms with Crippen LogP contribution >= 0.6 is 0 Å². The maximum absolute atomic E-state index is 13.0. The fourth-order valence-electron chi connectivity index (χ4n) is 4.38. The number of nitrogens with zero attached hydrogens (tertiary/aromatic N) is 1. The molecule has 0 saturated heterocycles. The van der Waals surface area contributed by atoms with Crippen LogP contribution in [0.2, 0.25) is 0 Å². The van der Waals surface area contributed by atoms with Crippen LogP contribution in [0.25, 0.3) is 10.9 Å². The van der Waals surface area contributed by atoms with E-state index in [1.165, 1.54) is 13.8 Å². The van der Waals surface area contributed by atoms with Crippen LogP contribution in [-0.4, -0.2) is 33.2 Å². The number of carboxylic acid groups (broad SMARTS) is 1. The van der Waals surface area contributed by atoms with Gasteiger partial charge < -0.3 is 10.1 Å². The lowest BCUT2D eigenvalue weighted by molar-refractivity contribution is -0.138. The molecule has 0 amide bonds. The Labute approximate surface area is 162 Å². The molecular formula is C21H24N2O5. The number of carbonyl (C=O) groups excluding carboxylic acids is 2. The molecule has 2 atom stereocenters. The fraction of sp³-hybridized carbons (Fsp3) is 0.476. The van der Waals surface area contributed by atoms with Crippen molar-refractivity contribution >= 4 is 28.4 Å². The Kier molecular flexibility index (Phi) is 4.95. The second-order valence-corrected chi connectivity index (χ2v) is 7.81. The minimum absolute atomic E-state index is 0.00760. The van der Waals surface area contributed by atoms with Gasteiger partial charge in [0.1, 0.15) is 0 Å². The minimum Gasteiger partial charge on any atom is -0.481 e. The highest BCUT2D eigenvalue weighted by Crippen LogP contribution is 2.45. The predicted octanol–water partition coefficient (Wildman–Crippen LogP) is 3.92. The lowest BCUT2D eigenvalue weighted by atomic mass is 9.69. The van der Waals surface area contributed by atoms with Crippen LogP contribution in [0.4, 0.5) is 0 Å². The van der Waals surface area contributed by atoms with E-state index in [9.17, 15) is 24.4 Å². The SMILES string of the molecule is CCC1(CC(=O)O)CCCc2c1[nH]c1c(C(=O)C(C)(N=O)C(C)=O)cccc21. The van der Waals surface area contributed by atoms with Crippen molar-refractivity contribution in [1.82, 2.24) is 4.98 Å². The van der Waals surface area contributed by atoms with Crippen molar-refractivity contribution in [3.8, 4) is 0 Å². The van der Waals surface area contributed by atoms with Crippen molar-refractivity contribution in [3.05, 3.63) is 39.9 Å². The number of aromatic nitrogens is 1. The topological polar surface area (TPSA) is 117 Å². The van der Waals surface area contributed by atoms with Crippen LogP contribution < -0.4 is 0 Å². The molecule has 3 rings (SSSR count). The molecule has 1 aliphatic rings. The van der Waals surface area contributed by atoms with E-state index in [1.807, 2.05) is 13.0 Å². The number of benzene rings is 1. The van der Waals surface area contributed by atoms with E-state index in [-0.39, 0.29) is 12.0 Å². The first-order chi connectivity index (χ1) is 13.2. The van der Waals surface area contributed by atoms with Crippen LogP contribution in [0.15, 0.2) is 23.4 Å². The number of carbonyl (C=O) groups is 3. The Balaban J connectivity index is 2.25. The number of ketones is 2. The van der Waals surface area contributed by atoms with Crippen LogP contribution in [0.1, 0.15) is 68.1 Å². The number of rotatable bonds is 7. The van der Waals surface area contributed by atoms with E-state index in [2.05, 4.69) is 10.2 Å². The van der Waals surface area contributed by atoms with Gasteiger partial charge in [0.2, 0.25) is 11.3 Å². The Morgan fingerprint density at radius 1 is 1.32 bits per heavy atom. The number of hydrogen-bond acceptors (Lipinski definition) is 5. The van der Waals surface area contributed by atoms with Crippen molar-refractivity contribution in [1.29, 1.82) is 0 Å². The number of aliphatic carboxylic acids is 1. The molecule has 0 spiro atoms. The number of aryl methyl sites for hydroxylation is 1. The van der Waals surface area contributed by atoms with Crippen LogP contribution in [0.5, 0.6) is 0 Å². The molecule has 28 heavy (non-hydrogen) atoms. The first-order valence-electron chi connectivity index (χ1n) is 9.46. The molecule has 2 unspecified atom stereocenters. The molecule has 0 radical (unpaired) electrons. The van der Waals surface area contributed by atoms with Gasteiger partial charge in [0.15, 0.2) is 5.78 Å². The fourth-order valence-corrected chi connectivity index (χ4v) is 4.38. The third-order valence-corrected chi connectivity index (χ3v) is 6.28. The summed E-state index contributed by atoms with van der Waals surface area (Å²) in [5, 5.41) is 13.1. The van der Waals surface area contributed by atoms with Gasteiger partial charge >= 0.3 is 5.97 Å². The summed E-state index contributed by atoms with van der Waals surface area (Å²) in [7, 11) is 0. The van der Waals surface area contributed by atoms with Crippen molar-refractivity contribution in [2.24, 2.45) is 5.18 Å². The molecular weight excluding hydrogens is 360 g/mol. The highest BCUT2D eigenvalue weighted by molar-refractivity contribution is 6.21. The summed E-state index contributed by atoms with van der Waals surface area (Å²) in [5.41, 5.74) is 0.127. The Morgan fingerprint density at radius 2 is 2.04 bits per heavy atom. The quantitative estimate of drug-likeness (QED) is 0.426. The number of aromatic amines is 1. The Morgan fingerprint density at radius 3 is 2.61 bits per heavy atom. The van der Waals surface area contributed by atoms with E-state index < -0.39 is 28.5 Å². The number of carboxylic acids is 1. The van der Waals surface area contributed by atoms with Crippen molar-refractivity contribution in [2.45, 2.75) is 63.8 Å². The molecule has 2 aromatic rings. The minimum atomic E-state index is -1.98. The maximum Gasteiger partial charge on any atom is 0.304 e. The number of para-hydroxylation sites is 1. The van der Waals surface area contributed by atoms with E-state index in [0.29, 0.717) is 11.9 Å². The number of hydrogen-bond donors (Lipinski definition) is 2. The van der Waals surface area contributed by atoms with Gasteiger partial charge in [0.25, 0.3) is 0 Å². The summed E-state index contributed by atoms with van der Waals surface area (Å²) in [6.07, 6.45) is 3.06. The van der Waals surface area contributed by atoms with Gasteiger partial charge in [-0.3, -0.25) is 14.4 Å². The normalized spacial score (nSPS) is 21.0. The van der Waals surface area contributed by atoms with Gasteiger partial charge in [0.05, 0.1) is 11.9 Å². The monoisotopic (exact) mass is 384 g/mol. The summed E-state index contributed by atoms with van der Waals surface area (Å²) < 4.78 is 0. The maximum atomic E-state index is 13.0. The molecule has 1 heterocycles. The summed E-state index contributed by atoms with van der Waals surface area (Å²) in [4.78, 5) is 51.1. The largest absolute Gasteiger partial charge is 0.481 e. The number of Topliss-reactive ketones (excluding diaryl/α,β-unsaturated/α-hetero) is 2. The van der Waals surface area contributed by atoms with Gasteiger partial charge in [0, 0.05) is 22.1 Å². The van der Waals surface area contributed by atoms with E-state index in [4.69, 9.17) is 0 Å². The highest BCUT2D eigenvalue weighted by atomic mass is 16.4. The molecule has 0 bridgehead atoms. The lowest BCUT2D eigenvalue weighted by Gasteiger charge is -2.35. The smallest absolute Gasteiger partial charge is 0.304 e. The van der Waals surface area contributed by atoms with Gasteiger partial charge in [-0.2, -0.15) is 0 Å². The standard InChI is InChI=1S/C21H24N2O5/c1-4-21(11-16(25)26)10-6-9-14-13-7-5-8-15(17(13)22-18(14)21)19(27)20(3,23-28)12(2)24/h5,7-8,22H,4,6,9-11H2,1-3H3,(H,25,26). The molecule has 1 aromatic heterocycles. The van der Waals surface area contributed by atoms with E-state index >= 15 is 0 Å². The molecule has 7 heteroatoms. The Hall–Kier alpha value is -2.83. The first kappa shape index (κ1) is 19.9. The van der Waals surface area contributed by atoms with Gasteiger partial charge in [-0.1, -0.05) is 19.1 Å². The third kappa shape index (κ3) is 2.85. The molecule has 2 N–H and O–H groups in total. The number of H-pyrrole nitrogens is 1. The zero-order chi connectivity index (χ0) is 20.7. The third-order valence-electron chi connectivity index (χ3n) is 6.28. The zero-order valence-electron chi connectivity index (χ0n) is 16.3. The van der Waals surface area contributed by atoms with Crippen LogP contribution in [-0.2, 0) is 21.4 Å². The number of nitroso groups, excluding NO2 is 1. The molecule has 7 nitrogen and oxygen atoms in total. The van der Waals surface area contributed by atoms with Gasteiger partial charge in [-0.15, -0.1) is 4.91 Å². The highest BCUT2D eigenvalue weighted by Gasteiger charge is 2.43. The molecule has 1 aromatic carbocycles. The molecule has 148 valence electrons. The predicted molar refractivity (Wildman–Crippen MR) is 105 cm³/mol. The van der Waals surface area contributed by atoms with Gasteiger partial charge in [-0.05, 0) is 56.3 Å². The summed E-state index contributed by atoms with van der Waals surface area (Å²) >= 11 is 0.